The van der Waals surface area contributed by atoms with Crippen LogP contribution in [0.25, 0.3) is 0 Å². The molecular weight excluding hydrogens is 318 g/mol. The van der Waals surface area contributed by atoms with Gasteiger partial charge < -0.3 is 10.1 Å². The molecule has 102 valence electrons. The third-order valence-electron chi connectivity index (χ3n) is 3.33. The fourth-order valence-electron chi connectivity index (χ4n) is 2.33. The number of carbonyl (C=O) groups excluding carboxylic acids is 1. The van der Waals surface area contributed by atoms with E-state index < -0.39 is 0 Å². The van der Waals surface area contributed by atoms with Gasteiger partial charge in [-0.15, -0.1) is 0 Å². The number of benzene rings is 2. The molecule has 0 saturated heterocycles. The Kier molecular flexibility index (Phi) is 3.74. The van der Waals surface area contributed by atoms with Gasteiger partial charge in [0.2, 0.25) is 0 Å². The molecular formula is C16H14BrNO2. The first-order valence-corrected chi connectivity index (χ1v) is 7.29. The molecule has 1 N–H and O–H groups in total. The Morgan fingerprint density at radius 3 is 2.75 bits per heavy atom. The normalized spacial score (nSPS) is 16.9. The summed E-state index contributed by atoms with van der Waals surface area (Å²) in [6.45, 7) is 0.507. The van der Waals surface area contributed by atoms with Crippen LogP contribution in [0.5, 0.6) is 5.75 Å². The van der Waals surface area contributed by atoms with E-state index in [1.807, 2.05) is 42.5 Å². The summed E-state index contributed by atoms with van der Waals surface area (Å²) in [4.78, 5) is 12.2. The minimum atomic E-state index is -0.0783. The highest BCUT2D eigenvalue weighted by atomic mass is 79.9. The number of rotatable bonds is 2. The van der Waals surface area contributed by atoms with Crippen LogP contribution in [0, 0.1) is 0 Å². The summed E-state index contributed by atoms with van der Waals surface area (Å²) in [6.07, 6.45) is 0.798. The number of ether oxygens (including phenoxy) is 1. The van der Waals surface area contributed by atoms with Crippen molar-refractivity contribution < 1.29 is 9.53 Å². The third kappa shape index (κ3) is 2.70. The third-order valence-corrected chi connectivity index (χ3v) is 4.02. The van der Waals surface area contributed by atoms with E-state index >= 15 is 0 Å². The molecule has 3 nitrogen and oxygen atoms in total. The summed E-state index contributed by atoms with van der Waals surface area (Å²) in [5.74, 6) is 0.837. The molecule has 1 heterocycles. The fraction of sp³-hybridized carbons (Fsp3) is 0.188. The maximum atomic E-state index is 12.2. The van der Waals surface area contributed by atoms with Crippen molar-refractivity contribution in [3.63, 3.8) is 0 Å². The largest absolute Gasteiger partial charge is 0.491 e. The van der Waals surface area contributed by atoms with Gasteiger partial charge in [-0.3, -0.25) is 4.79 Å². The Morgan fingerprint density at radius 1 is 1.15 bits per heavy atom. The van der Waals surface area contributed by atoms with Gasteiger partial charge in [0.1, 0.15) is 12.4 Å². The molecule has 0 saturated carbocycles. The zero-order valence-corrected chi connectivity index (χ0v) is 12.4. The van der Waals surface area contributed by atoms with Gasteiger partial charge in [0.15, 0.2) is 0 Å². The molecule has 0 aliphatic carbocycles. The van der Waals surface area contributed by atoms with Crippen molar-refractivity contribution in [1.29, 1.82) is 0 Å². The lowest BCUT2D eigenvalue weighted by molar-refractivity contribution is 0.0914. The van der Waals surface area contributed by atoms with Crippen LogP contribution < -0.4 is 10.1 Å². The zero-order chi connectivity index (χ0) is 13.9. The maximum Gasteiger partial charge on any atom is 0.252 e. The van der Waals surface area contributed by atoms with Gasteiger partial charge in [0.05, 0.1) is 11.6 Å². The molecule has 2 aromatic rings. The van der Waals surface area contributed by atoms with Gasteiger partial charge in [0, 0.05) is 4.47 Å². The van der Waals surface area contributed by atoms with Crippen molar-refractivity contribution >= 4 is 21.8 Å². The van der Waals surface area contributed by atoms with Crippen LogP contribution in [0.15, 0.2) is 53.0 Å². The van der Waals surface area contributed by atoms with Crippen LogP contribution >= 0.6 is 15.9 Å². The van der Waals surface area contributed by atoms with E-state index in [2.05, 4.69) is 21.2 Å². The van der Waals surface area contributed by atoms with E-state index in [9.17, 15) is 4.79 Å². The van der Waals surface area contributed by atoms with Crippen molar-refractivity contribution in [3.8, 4) is 5.75 Å². The topological polar surface area (TPSA) is 38.3 Å². The molecule has 1 aliphatic heterocycles. The molecule has 4 heteroatoms. The van der Waals surface area contributed by atoms with Crippen molar-refractivity contribution in [2.75, 3.05) is 6.61 Å². The predicted molar refractivity (Wildman–Crippen MR) is 81.0 cm³/mol. The van der Waals surface area contributed by atoms with E-state index in [1.165, 1.54) is 0 Å². The fourth-order valence-corrected chi connectivity index (χ4v) is 2.79. The second-order valence-corrected chi connectivity index (χ2v) is 5.63. The number of halogens is 1. The van der Waals surface area contributed by atoms with Gasteiger partial charge in [-0.1, -0.05) is 30.3 Å². The van der Waals surface area contributed by atoms with E-state index in [1.54, 1.807) is 6.07 Å². The molecule has 20 heavy (non-hydrogen) atoms. The monoisotopic (exact) mass is 331 g/mol. The van der Waals surface area contributed by atoms with E-state index in [-0.39, 0.29) is 11.9 Å². The number of para-hydroxylation sites is 1. The van der Waals surface area contributed by atoms with Crippen LogP contribution in [-0.2, 0) is 6.42 Å². The van der Waals surface area contributed by atoms with Gasteiger partial charge in [-0.2, -0.15) is 0 Å². The quantitative estimate of drug-likeness (QED) is 0.917. The molecule has 0 bridgehead atoms. The molecule has 0 radical (unpaired) electrons. The van der Waals surface area contributed by atoms with Crippen molar-refractivity contribution in [1.82, 2.24) is 5.32 Å². The van der Waals surface area contributed by atoms with Gasteiger partial charge >= 0.3 is 0 Å². The number of amides is 1. The summed E-state index contributed by atoms with van der Waals surface area (Å²) in [5.41, 5.74) is 1.78. The second-order valence-electron chi connectivity index (χ2n) is 4.77. The lowest BCUT2D eigenvalue weighted by atomic mass is 10.0. The van der Waals surface area contributed by atoms with Crippen LogP contribution in [-0.4, -0.2) is 18.6 Å². The Balaban J connectivity index is 1.71. The van der Waals surface area contributed by atoms with Crippen molar-refractivity contribution in [3.05, 3.63) is 64.1 Å². The summed E-state index contributed by atoms with van der Waals surface area (Å²) < 4.78 is 6.48. The minimum absolute atomic E-state index is 0.00417. The average molecular weight is 332 g/mol. The van der Waals surface area contributed by atoms with E-state index in [4.69, 9.17) is 4.74 Å². The van der Waals surface area contributed by atoms with Crippen molar-refractivity contribution in [2.45, 2.75) is 12.5 Å². The number of hydrogen-bond acceptors (Lipinski definition) is 2. The second kappa shape index (κ2) is 5.67. The molecule has 0 spiro atoms. The molecule has 0 fully saturated rings. The predicted octanol–water partition coefficient (Wildman–Crippen LogP) is 3.18. The van der Waals surface area contributed by atoms with Gasteiger partial charge in [-0.25, -0.2) is 0 Å². The molecule has 1 aliphatic rings. The smallest absolute Gasteiger partial charge is 0.252 e. The Bertz CT molecular complexity index is 642. The highest BCUT2D eigenvalue weighted by Crippen LogP contribution is 2.24. The first-order valence-electron chi connectivity index (χ1n) is 6.50. The molecule has 0 aromatic heterocycles. The Labute approximate surface area is 126 Å². The zero-order valence-electron chi connectivity index (χ0n) is 10.8. The van der Waals surface area contributed by atoms with E-state index in [0.717, 1.165) is 22.2 Å². The number of hydrogen-bond donors (Lipinski definition) is 1. The minimum Gasteiger partial charge on any atom is -0.491 e. The Morgan fingerprint density at radius 2 is 1.90 bits per heavy atom. The van der Waals surface area contributed by atoms with Gasteiger partial charge in [-0.05, 0) is 46.1 Å². The molecule has 3 rings (SSSR count). The van der Waals surface area contributed by atoms with Crippen LogP contribution in [0.3, 0.4) is 0 Å². The van der Waals surface area contributed by atoms with Gasteiger partial charge in [0.25, 0.3) is 5.91 Å². The first kappa shape index (κ1) is 13.2. The summed E-state index contributed by atoms with van der Waals surface area (Å²) >= 11 is 3.40. The van der Waals surface area contributed by atoms with E-state index in [0.29, 0.717) is 12.2 Å². The first-order chi connectivity index (χ1) is 9.74. The number of carbonyl (C=O) groups is 1. The average Bonchev–Trinajstić information content (AvgIpc) is 2.47. The van der Waals surface area contributed by atoms with Crippen molar-refractivity contribution in [2.24, 2.45) is 0 Å². The lowest BCUT2D eigenvalue weighted by Gasteiger charge is -2.26. The molecule has 1 atom stereocenters. The number of fused-ring (bicyclic) bond motifs is 1. The van der Waals surface area contributed by atoms with Crippen LogP contribution in [0.2, 0.25) is 0 Å². The highest BCUT2D eigenvalue weighted by molar-refractivity contribution is 9.10. The standard InChI is InChI=1S/C16H14BrNO2/c17-14-7-3-2-6-13(14)16(19)18-12-9-11-5-1-4-8-15(11)20-10-12/h1-8,12H,9-10H2,(H,18,19)/t12-/m0/s1. The summed E-state index contributed by atoms with van der Waals surface area (Å²) in [7, 11) is 0. The summed E-state index contributed by atoms with van der Waals surface area (Å²) in [5, 5.41) is 3.02. The molecule has 1 amide bonds. The SMILES string of the molecule is O=C(N[C@@H]1COc2ccccc2C1)c1ccccc1Br. The number of nitrogens with one attached hydrogen (secondary N) is 1. The molecule has 2 aromatic carbocycles. The summed E-state index contributed by atoms with van der Waals surface area (Å²) in [6, 6.07) is 15.3. The molecule has 0 unspecified atom stereocenters. The maximum absolute atomic E-state index is 12.2. The Hall–Kier alpha value is -1.81. The highest BCUT2D eigenvalue weighted by Gasteiger charge is 2.22. The van der Waals surface area contributed by atoms with Crippen LogP contribution in [0.1, 0.15) is 15.9 Å². The lowest BCUT2D eigenvalue weighted by Crippen LogP contribution is -2.42. The van der Waals surface area contributed by atoms with Crippen LogP contribution in [0.4, 0.5) is 0 Å².